The van der Waals surface area contributed by atoms with E-state index in [1.54, 1.807) is 12.3 Å². The molecular weight excluding hydrogens is 468 g/mol. The predicted octanol–water partition coefficient (Wildman–Crippen LogP) is 2.92. The van der Waals surface area contributed by atoms with Gasteiger partial charge in [0.2, 0.25) is 5.91 Å². The third kappa shape index (κ3) is 5.09. The molecular formula is C28H28N6O3. The van der Waals surface area contributed by atoms with Crippen LogP contribution in [0.15, 0.2) is 73.1 Å². The fourth-order valence-electron chi connectivity index (χ4n) is 4.45. The summed E-state index contributed by atoms with van der Waals surface area (Å²) in [6.45, 7) is 3.54. The van der Waals surface area contributed by atoms with Crippen molar-refractivity contribution in [2.45, 2.75) is 6.54 Å². The molecule has 0 radical (unpaired) electrons. The van der Waals surface area contributed by atoms with Gasteiger partial charge in [0.1, 0.15) is 5.82 Å². The van der Waals surface area contributed by atoms with Crippen LogP contribution in [-0.2, 0) is 16.1 Å². The van der Waals surface area contributed by atoms with E-state index in [0.717, 1.165) is 52.2 Å². The highest BCUT2D eigenvalue weighted by atomic mass is 16.5. The van der Waals surface area contributed by atoms with E-state index in [1.165, 1.54) is 6.08 Å². The molecule has 0 spiro atoms. The van der Waals surface area contributed by atoms with Crippen LogP contribution in [0.25, 0.3) is 33.3 Å². The number of morpholine rings is 1. The van der Waals surface area contributed by atoms with Gasteiger partial charge in [-0.25, -0.2) is 4.98 Å². The Kier molecular flexibility index (Phi) is 6.98. The van der Waals surface area contributed by atoms with E-state index in [4.69, 9.17) is 16.2 Å². The first kappa shape index (κ1) is 24.2. The quantitative estimate of drug-likeness (QED) is 0.335. The minimum Gasteiger partial charge on any atom is -0.378 e. The smallest absolute Gasteiger partial charge is 0.250 e. The molecule has 0 bridgehead atoms. The highest BCUT2D eigenvalue weighted by Gasteiger charge is 2.17. The van der Waals surface area contributed by atoms with Crippen molar-refractivity contribution in [3.8, 4) is 22.4 Å². The van der Waals surface area contributed by atoms with Gasteiger partial charge in [-0.15, -0.1) is 0 Å². The number of hydrogen-bond donors (Lipinski definition) is 4. The number of pyridine rings is 1. The molecule has 2 aromatic carbocycles. The molecule has 0 aliphatic carbocycles. The molecule has 1 fully saturated rings. The van der Waals surface area contributed by atoms with Gasteiger partial charge in [0.25, 0.3) is 5.91 Å². The van der Waals surface area contributed by atoms with Crippen LogP contribution >= 0.6 is 0 Å². The molecule has 6 N–H and O–H groups in total. The molecule has 9 nitrogen and oxygen atoms in total. The zero-order valence-corrected chi connectivity index (χ0v) is 20.2. The number of carbonyl (C=O) groups is 2. The van der Waals surface area contributed by atoms with Crippen LogP contribution in [0.5, 0.6) is 0 Å². The van der Waals surface area contributed by atoms with E-state index >= 15 is 0 Å². The van der Waals surface area contributed by atoms with Crippen molar-refractivity contribution in [3.63, 3.8) is 0 Å². The lowest BCUT2D eigenvalue weighted by Crippen LogP contribution is -2.36. The number of hydrogen-bond acceptors (Lipinski definition) is 6. The molecule has 2 amide bonds. The molecule has 4 aromatic rings. The van der Waals surface area contributed by atoms with E-state index in [2.05, 4.69) is 26.3 Å². The number of nitrogens with two attached hydrogens (primary N) is 2. The van der Waals surface area contributed by atoms with Gasteiger partial charge >= 0.3 is 0 Å². The third-order valence-electron chi connectivity index (χ3n) is 6.44. The SMILES string of the molecule is NCc1ccccc1-c1ccc(C(N)=O)c2[nH]c(-c3ccc(N4CCOCC4)nc3)cc12.O=C1C=CN1. The summed E-state index contributed by atoms with van der Waals surface area (Å²) < 4.78 is 5.42. The summed E-state index contributed by atoms with van der Waals surface area (Å²) in [6.07, 6.45) is 4.93. The fraction of sp³-hybridized carbons (Fsp3) is 0.179. The lowest BCUT2D eigenvalue weighted by molar-refractivity contribution is -0.117. The number of H-pyrrole nitrogens is 1. The summed E-state index contributed by atoms with van der Waals surface area (Å²) >= 11 is 0. The highest BCUT2D eigenvalue weighted by molar-refractivity contribution is 6.10. The van der Waals surface area contributed by atoms with Crippen LogP contribution in [0, 0.1) is 0 Å². The minimum absolute atomic E-state index is 0.00463. The Morgan fingerprint density at radius 2 is 1.81 bits per heavy atom. The molecule has 9 heteroatoms. The zero-order chi connectivity index (χ0) is 25.8. The maximum Gasteiger partial charge on any atom is 0.250 e. The Labute approximate surface area is 214 Å². The Morgan fingerprint density at radius 3 is 2.43 bits per heavy atom. The van der Waals surface area contributed by atoms with E-state index < -0.39 is 5.91 Å². The summed E-state index contributed by atoms with van der Waals surface area (Å²) in [6, 6.07) is 17.9. The maximum atomic E-state index is 12.1. The second-order valence-corrected chi connectivity index (χ2v) is 8.70. The fourth-order valence-corrected chi connectivity index (χ4v) is 4.45. The molecule has 37 heavy (non-hydrogen) atoms. The van der Waals surface area contributed by atoms with Gasteiger partial charge in [0, 0.05) is 54.8 Å². The van der Waals surface area contributed by atoms with Crippen molar-refractivity contribution in [1.82, 2.24) is 15.3 Å². The monoisotopic (exact) mass is 496 g/mol. The number of nitrogens with zero attached hydrogens (tertiary/aromatic N) is 2. The first-order valence-corrected chi connectivity index (χ1v) is 12.0. The van der Waals surface area contributed by atoms with Crippen molar-refractivity contribution < 1.29 is 14.3 Å². The van der Waals surface area contributed by atoms with Crippen LogP contribution in [0.1, 0.15) is 15.9 Å². The number of fused-ring (bicyclic) bond motifs is 1. The molecule has 2 aliphatic rings. The first-order chi connectivity index (χ1) is 18.0. The van der Waals surface area contributed by atoms with E-state index in [0.29, 0.717) is 30.8 Å². The molecule has 6 rings (SSSR count). The van der Waals surface area contributed by atoms with E-state index in [-0.39, 0.29) is 5.91 Å². The van der Waals surface area contributed by atoms with Gasteiger partial charge in [-0.1, -0.05) is 30.3 Å². The van der Waals surface area contributed by atoms with Gasteiger partial charge in [-0.2, -0.15) is 0 Å². The maximum absolute atomic E-state index is 12.1. The van der Waals surface area contributed by atoms with Crippen molar-refractivity contribution in [2.24, 2.45) is 11.5 Å². The number of amides is 2. The normalized spacial score (nSPS) is 14.5. The standard InChI is InChI=1S/C25H25N5O2.C3H3NO/c26-14-16-3-1-2-4-18(16)19-6-7-20(25(27)31)24-21(19)13-22(29-24)17-5-8-23(28-15-17)30-9-11-32-12-10-30;5-3-1-2-4-3/h1-8,13,15,29H,9-12,14,26H2,(H2,27,31);1-2H,(H,4,5). The van der Waals surface area contributed by atoms with Crippen molar-refractivity contribution in [3.05, 3.63) is 84.2 Å². The topological polar surface area (TPSA) is 139 Å². The van der Waals surface area contributed by atoms with Crippen LogP contribution < -0.4 is 21.7 Å². The number of anilines is 1. The number of aromatic nitrogens is 2. The number of nitrogens with one attached hydrogen (secondary N) is 2. The summed E-state index contributed by atoms with van der Waals surface area (Å²) in [4.78, 5) is 32.1. The average Bonchev–Trinajstić information content (AvgIpc) is 3.38. The number of ether oxygens (including phenoxy) is 1. The summed E-state index contributed by atoms with van der Waals surface area (Å²) in [7, 11) is 0. The second-order valence-electron chi connectivity index (χ2n) is 8.70. The van der Waals surface area contributed by atoms with Crippen molar-refractivity contribution in [1.29, 1.82) is 0 Å². The zero-order valence-electron chi connectivity index (χ0n) is 20.2. The average molecular weight is 497 g/mol. The Morgan fingerprint density at radius 1 is 1.05 bits per heavy atom. The molecule has 0 saturated carbocycles. The van der Waals surface area contributed by atoms with Gasteiger partial charge < -0.3 is 31.4 Å². The molecule has 188 valence electrons. The second kappa shape index (κ2) is 10.7. The van der Waals surface area contributed by atoms with Crippen molar-refractivity contribution >= 4 is 28.5 Å². The van der Waals surface area contributed by atoms with Crippen LogP contribution in [0.2, 0.25) is 0 Å². The molecule has 0 atom stereocenters. The molecule has 2 aliphatic heterocycles. The lowest BCUT2D eigenvalue weighted by atomic mass is 9.95. The number of primary amides is 1. The Bertz CT molecular complexity index is 1470. The van der Waals surface area contributed by atoms with E-state index in [1.807, 2.05) is 48.7 Å². The van der Waals surface area contributed by atoms with E-state index in [9.17, 15) is 9.59 Å². The molecule has 2 aromatic heterocycles. The minimum atomic E-state index is -0.470. The number of aromatic amines is 1. The largest absolute Gasteiger partial charge is 0.378 e. The van der Waals surface area contributed by atoms with Crippen LogP contribution in [-0.4, -0.2) is 48.1 Å². The molecule has 4 heterocycles. The summed E-state index contributed by atoms with van der Waals surface area (Å²) in [5.41, 5.74) is 17.7. The molecule has 0 unspecified atom stereocenters. The number of rotatable bonds is 5. The van der Waals surface area contributed by atoms with Gasteiger partial charge in [-0.05, 0) is 41.0 Å². The van der Waals surface area contributed by atoms with Crippen molar-refractivity contribution in [2.75, 3.05) is 31.2 Å². The molecule has 1 saturated heterocycles. The van der Waals surface area contributed by atoms with Gasteiger partial charge in [0.05, 0.1) is 24.3 Å². The Hall–Kier alpha value is -4.47. The number of benzene rings is 2. The number of carbonyl (C=O) groups excluding carboxylic acids is 2. The van der Waals surface area contributed by atoms with Gasteiger partial charge in [0.15, 0.2) is 0 Å². The predicted molar refractivity (Wildman–Crippen MR) is 144 cm³/mol. The lowest BCUT2D eigenvalue weighted by Gasteiger charge is -2.27. The summed E-state index contributed by atoms with van der Waals surface area (Å²) in [5.74, 6) is 0.469. The highest BCUT2D eigenvalue weighted by Crippen LogP contribution is 2.35. The Balaban J connectivity index is 0.000000503. The van der Waals surface area contributed by atoms with Gasteiger partial charge in [-0.3, -0.25) is 9.59 Å². The third-order valence-corrected chi connectivity index (χ3v) is 6.44. The van der Waals surface area contributed by atoms with Crippen LogP contribution in [0.4, 0.5) is 5.82 Å². The first-order valence-electron chi connectivity index (χ1n) is 12.0. The van der Waals surface area contributed by atoms with Crippen LogP contribution in [0.3, 0.4) is 0 Å². The summed E-state index contributed by atoms with van der Waals surface area (Å²) in [5, 5.41) is 3.31.